The minimum absolute atomic E-state index is 0.581. The van der Waals surface area contributed by atoms with Gasteiger partial charge >= 0.3 is 0 Å². The zero-order chi connectivity index (χ0) is 24.5. The number of hydrogen-bond donors (Lipinski definition) is 2. The minimum Gasteiger partial charge on any atom is -0.491 e. The van der Waals surface area contributed by atoms with E-state index < -0.39 is 0 Å². The number of rotatable bonds is 7. The fourth-order valence-corrected chi connectivity index (χ4v) is 3.99. The number of fused-ring (bicyclic) bond motifs is 2. The highest BCUT2D eigenvalue weighted by molar-refractivity contribution is 5.97. The predicted molar refractivity (Wildman–Crippen MR) is 137 cm³/mol. The molecule has 0 amide bonds. The summed E-state index contributed by atoms with van der Waals surface area (Å²) in [6.45, 7) is 1.40. The second-order valence-corrected chi connectivity index (χ2v) is 8.63. The predicted octanol–water partition coefficient (Wildman–Crippen LogP) is 3.96. The average Bonchev–Trinajstić information content (AvgIpc) is 3.53. The molecule has 0 fully saturated rings. The molecule has 0 unspecified atom stereocenters. The number of pyridine rings is 4. The van der Waals surface area contributed by atoms with Gasteiger partial charge in [0.25, 0.3) is 0 Å². The molecule has 0 radical (unpaired) electrons. The van der Waals surface area contributed by atoms with Crippen molar-refractivity contribution >= 4 is 21.9 Å². The van der Waals surface area contributed by atoms with Crippen LogP contribution in [-0.2, 0) is 0 Å². The first-order valence-electron chi connectivity index (χ1n) is 11.5. The Labute approximate surface area is 206 Å². The molecule has 6 aromatic heterocycles. The Balaban J connectivity index is 1.38. The summed E-state index contributed by atoms with van der Waals surface area (Å²) in [5.74, 6) is 1.34. The van der Waals surface area contributed by atoms with Gasteiger partial charge in [0.1, 0.15) is 23.6 Å². The van der Waals surface area contributed by atoms with Crippen molar-refractivity contribution in [2.24, 2.45) is 0 Å². The van der Waals surface area contributed by atoms with Crippen molar-refractivity contribution in [2.75, 3.05) is 27.2 Å². The van der Waals surface area contributed by atoms with Crippen molar-refractivity contribution in [2.45, 2.75) is 0 Å². The van der Waals surface area contributed by atoms with E-state index in [0.29, 0.717) is 23.9 Å². The van der Waals surface area contributed by atoms with Crippen molar-refractivity contribution in [3.05, 3.63) is 67.5 Å². The van der Waals surface area contributed by atoms with E-state index >= 15 is 0 Å². The molecular weight excluding hydrogens is 454 g/mol. The summed E-state index contributed by atoms with van der Waals surface area (Å²) in [5.41, 5.74) is 6.40. The molecule has 6 heterocycles. The highest BCUT2D eigenvalue weighted by Gasteiger charge is 2.17. The molecule has 0 aliphatic heterocycles. The lowest BCUT2D eigenvalue weighted by Crippen LogP contribution is -2.19. The summed E-state index contributed by atoms with van der Waals surface area (Å²) in [6.07, 6.45) is 10.5. The molecule has 2 N–H and O–H groups in total. The van der Waals surface area contributed by atoms with Crippen LogP contribution in [0.2, 0.25) is 0 Å². The van der Waals surface area contributed by atoms with Crippen molar-refractivity contribution in [1.82, 2.24) is 45.0 Å². The lowest BCUT2D eigenvalue weighted by atomic mass is 10.1. The molecule has 0 saturated heterocycles. The van der Waals surface area contributed by atoms with Gasteiger partial charge < -0.3 is 14.6 Å². The first-order chi connectivity index (χ1) is 17.7. The molecular formula is C26H23N9O. The molecule has 10 nitrogen and oxygen atoms in total. The summed E-state index contributed by atoms with van der Waals surface area (Å²) in [6, 6.07) is 9.71. The third-order valence-electron chi connectivity index (χ3n) is 5.82. The first-order valence-corrected chi connectivity index (χ1v) is 11.5. The topological polar surface area (TPSA) is 121 Å². The maximum Gasteiger partial charge on any atom is 0.159 e. The lowest BCUT2D eigenvalue weighted by molar-refractivity contribution is 0.261. The van der Waals surface area contributed by atoms with Gasteiger partial charge in [-0.05, 0) is 38.4 Å². The Hall–Kier alpha value is -4.70. The molecule has 36 heavy (non-hydrogen) atoms. The van der Waals surface area contributed by atoms with E-state index in [2.05, 4.69) is 40.0 Å². The van der Waals surface area contributed by atoms with E-state index in [0.717, 1.165) is 51.0 Å². The molecule has 0 aliphatic rings. The maximum absolute atomic E-state index is 5.85. The number of hydrogen-bond acceptors (Lipinski definition) is 8. The molecule has 178 valence electrons. The second kappa shape index (κ2) is 9.16. The second-order valence-electron chi connectivity index (χ2n) is 8.63. The number of ether oxygens (including phenoxy) is 1. The highest BCUT2D eigenvalue weighted by Crippen LogP contribution is 2.31. The zero-order valence-corrected chi connectivity index (χ0v) is 19.8. The Morgan fingerprint density at radius 1 is 0.917 bits per heavy atom. The Kier molecular flexibility index (Phi) is 5.55. The normalized spacial score (nSPS) is 11.5. The van der Waals surface area contributed by atoms with Gasteiger partial charge in [-0.25, -0.2) is 4.98 Å². The number of nitrogens with zero attached hydrogens (tertiary/aromatic N) is 7. The van der Waals surface area contributed by atoms with E-state index in [9.17, 15) is 0 Å². The van der Waals surface area contributed by atoms with Crippen LogP contribution in [0.1, 0.15) is 0 Å². The number of aromatic nitrogens is 8. The van der Waals surface area contributed by atoms with Crippen molar-refractivity contribution in [3.8, 4) is 39.8 Å². The summed E-state index contributed by atoms with van der Waals surface area (Å²) < 4.78 is 5.85. The van der Waals surface area contributed by atoms with Crippen LogP contribution >= 0.6 is 0 Å². The third kappa shape index (κ3) is 4.14. The van der Waals surface area contributed by atoms with E-state index in [4.69, 9.17) is 9.72 Å². The van der Waals surface area contributed by atoms with Crippen molar-refractivity contribution in [1.29, 1.82) is 0 Å². The van der Waals surface area contributed by atoms with Gasteiger partial charge in [-0.1, -0.05) is 6.07 Å². The first kappa shape index (κ1) is 21.8. The van der Waals surface area contributed by atoms with Crippen molar-refractivity contribution < 1.29 is 4.74 Å². The van der Waals surface area contributed by atoms with Gasteiger partial charge in [0.05, 0.1) is 41.0 Å². The van der Waals surface area contributed by atoms with Gasteiger partial charge in [0.2, 0.25) is 0 Å². The fraction of sp³-hybridized carbons (Fsp3) is 0.154. The van der Waals surface area contributed by atoms with Crippen molar-refractivity contribution in [3.63, 3.8) is 0 Å². The van der Waals surface area contributed by atoms with Crippen LogP contribution in [0.5, 0.6) is 5.75 Å². The molecule has 6 aromatic rings. The number of aromatic amines is 2. The van der Waals surface area contributed by atoms with Crippen LogP contribution in [0.15, 0.2) is 67.5 Å². The minimum atomic E-state index is 0.581. The molecule has 0 spiro atoms. The van der Waals surface area contributed by atoms with Gasteiger partial charge in [-0.2, -0.15) is 5.10 Å². The lowest BCUT2D eigenvalue weighted by Gasteiger charge is -2.11. The third-order valence-corrected chi connectivity index (χ3v) is 5.82. The molecule has 0 atom stereocenters. The summed E-state index contributed by atoms with van der Waals surface area (Å²) >= 11 is 0. The van der Waals surface area contributed by atoms with E-state index in [1.807, 2.05) is 44.4 Å². The summed E-state index contributed by atoms with van der Waals surface area (Å²) in [7, 11) is 4.02. The van der Waals surface area contributed by atoms with E-state index in [1.165, 1.54) is 0 Å². The smallest absolute Gasteiger partial charge is 0.159 e. The Morgan fingerprint density at radius 2 is 1.83 bits per heavy atom. The van der Waals surface area contributed by atoms with E-state index in [-0.39, 0.29) is 0 Å². The number of likely N-dealkylation sites (N-methyl/N-ethyl adjacent to an activating group) is 1. The molecule has 0 bridgehead atoms. The molecule has 0 saturated carbocycles. The van der Waals surface area contributed by atoms with E-state index in [1.54, 1.807) is 37.2 Å². The van der Waals surface area contributed by atoms with Gasteiger partial charge in [0.15, 0.2) is 5.82 Å². The largest absolute Gasteiger partial charge is 0.491 e. The molecule has 0 aliphatic carbocycles. The fourth-order valence-electron chi connectivity index (χ4n) is 3.99. The summed E-state index contributed by atoms with van der Waals surface area (Å²) in [4.78, 5) is 28.1. The van der Waals surface area contributed by atoms with Crippen LogP contribution in [-0.4, -0.2) is 72.2 Å². The molecule has 0 aromatic carbocycles. The Bertz CT molecular complexity index is 1660. The zero-order valence-electron chi connectivity index (χ0n) is 19.8. The number of imidazole rings is 1. The average molecular weight is 478 g/mol. The number of nitrogens with one attached hydrogen (secondary N) is 2. The number of H-pyrrole nitrogens is 2. The van der Waals surface area contributed by atoms with Crippen LogP contribution in [0.4, 0.5) is 0 Å². The molecule has 10 heteroatoms. The highest BCUT2D eigenvalue weighted by atomic mass is 16.5. The van der Waals surface area contributed by atoms with Gasteiger partial charge in [0, 0.05) is 41.6 Å². The monoisotopic (exact) mass is 477 g/mol. The van der Waals surface area contributed by atoms with Crippen LogP contribution in [0.25, 0.3) is 56.0 Å². The van der Waals surface area contributed by atoms with Crippen LogP contribution < -0.4 is 4.74 Å². The standard InChI is InChI=1S/C26H23N9O/c1-35(2)7-8-36-17-9-16(11-27-12-17)21-10-18-22(15-30-21)33-34-25(18)26-31-23-14-28-13-19(24(23)32-26)20-5-3-4-6-29-20/h3-6,9-15H,7-8H2,1-2H3,(H,31,32)(H,33,34). The molecule has 6 rings (SSSR count). The quantitative estimate of drug-likeness (QED) is 0.354. The van der Waals surface area contributed by atoms with Crippen LogP contribution in [0.3, 0.4) is 0 Å². The van der Waals surface area contributed by atoms with Gasteiger partial charge in [-0.3, -0.25) is 25.0 Å². The maximum atomic E-state index is 5.85. The van der Waals surface area contributed by atoms with Gasteiger partial charge in [-0.15, -0.1) is 0 Å². The SMILES string of the molecule is CN(C)CCOc1cncc(-c2cc3c(-c4nc5c(-c6ccccn6)cncc5[nH]4)n[nH]c3cn2)c1. The summed E-state index contributed by atoms with van der Waals surface area (Å²) in [5, 5.41) is 8.49. The Morgan fingerprint density at radius 3 is 2.69 bits per heavy atom. The van der Waals surface area contributed by atoms with Crippen LogP contribution in [0, 0.1) is 0 Å².